The Morgan fingerprint density at radius 3 is 2.43 bits per heavy atom. The summed E-state index contributed by atoms with van der Waals surface area (Å²) in [7, 11) is 1.02. The standard InChI is InChI=1S/C33H31FN4O5S/c1-19-9-11-20(12-10-19)31-30(32(39)35-2)24-15-22(27(17-29(24)43-31)37(4)44(5,41)42)21-13-14-38(18-21)33(40)28-16-23-25(34)7-6-8-26(23)36(28)3/h6-13,15-17H,14,18H2,1-5H3,(H,35,39). The van der Waals surface area contributed by atoms with Gasteiger partial charge >= 0.3 is 0 Å². The topological polar surface area (TPSA) is 105 Å². The van der Waals surface area contributed by atoms with Crippen LogP contribution in [-0.2, 0) is 17.1 Å². The highest BCUT2D eigenvalue weighted by molar-refractivity contribution is 7.92. The van der Waals surface area contributed by atoms with Gasteiger partial charge in [-0.1, -0.05) is 42.0 Å². The number of halogens is 1. The third kappa shape index (κ3) is 4.83. The molecule has 3 aromatic carbocycles. The molecule has 0 unspecified atom stereocenters. The van der Waals surface area contributed by atoms with Crippen LogP contribution >= 0.6 is 0 Å². The van der Waals surface area contributed by atoms with Crippen LogP contribution in [0.3, 0.4) is 0 Å². The summed E-state index contributed by atoms with van der Waals surface area (Å²) in [6.45, 7) is 2.40. The van der Waals surface area contributed by atoms with Crippen molar-refractivity contribution in [3.8, 4) is 11.3 Å². The second kappa shape index (κ2) is 10.7. The number of aryl methyl sites for hydroxylation is 2. The van der Waals surface area contributed by atoms with Gasteiger partial charge in [-0.25, -0.2) is 12.8 Å². The van der Waals surface area contributed by atoms with Crippen LogP contribution in [-0.4, -0.2) is 63.1 Å². The molecule has 0 fully saturated rings. The van der Waals surface area contributed by atoms with E-state index in [1.807, 2.05) is 37.3 Å². The first-order valence-corrected chi connectivity index (χ1v) is 15.8. The first-order chi connectivity index (χ1) is 20.9. The first-order valence-electron chi connectivity index (χ1n) is 13.9. The lowest BCUT2D eigenvalue weighted by molar-refractivity contribution is 0.0792. The fourth-order valence-corrected chi connectivity index (χ4v) is 6.19. The first kappa shape index (κ1) is 29.2. The van der Waals surface area contributed by atoms with E-state index in [0.717, 1.165) is 16.1 Å². The minimum absolute atomic E-state index is 0.178. The van der Waals surface area contributed by atoms with Crippen molar-refractivity contribution in [3.63, 3.8) is 0 Å². The summed E-state index contributed by atoms with van der Waals surface area (Å²) in [5.74, 6) is -0.681. The van der Waals surface area contributed by atoms with Crippen molar-refractivity contribution in [2.45, 2.75) is 6.92 Å². The zero-order chi connectivity index (χ0) is 31.5. The fourth-order valence-electron chi connectivity index (χ4n) is 5.68. The van der Waals surface area contributed by atoms with E-state index in [2.05, 4.69) is 5.32 Å². The molecule has 1 aliphatic heterocycles. The number of rotatable bonds is 6. The van der Waals surface area contributed by atoms with E-state index in [4.69, 9.17) is 4.42 Å². The Balaban J connectivity index is 1.46. The zero-order valence-corrected chi connectivity index (χ0v) is 25.8. The molecule has 0 saturated heterocycles. The van der Waals surface area contributed by atoms with Gasteiger partial charge in [-0.15, -0.1) is 0 Å². The van der Waals surface area contributed by atoms with Crippen LogP contribution in [0.15, 0.2) is 71.2 Å². The van der Waals surface area contributed by atoms with Gasteiger partial charge in [0.05, 0.1) is 23.0 Å². The Labute approximate surface area is 254 Å². The van der Waals surface area contributed by atoms with Crippen LogP contribution in [0.5, 0.6) is 0 Å². The fraction of sp³-hybridized carbons (Fsp3) is 0.212. The molecule has 0 radical (unpaired) electrons. The highest BCUT2D eigenvalue weighted by Crippen LogP contribution is 2.41. The molecule has 11 heteroatoms. The molecule has 6 rings (SSSR count). The highest BCUT2D eigenvalue weighted by Gasteiger charge is 2.30. The molecule has 0 bridgehead atoms. The van der Waals surface area contributed by atoms with E-state index in [-0.39, 0.29) is 24.9 Å². The van der Waals surface area contributed by atoms with Crippen LogP contribution in [0.1, 0.15) is 32.0 Å². The van der Waals surface area contributed by atoms with Gasteiger partial charge in [0.25, 0.3) is 11.8 Å². The maximum Gasteiger partial charge on any atom is 0.271 e. The number of hydrogen-bond acceptors (Lipinski definition) is 5. The maximum atomic E-state index is 14.5. The van der Waals surface area contributed by atoms with Crippen LogP contribution in [0.4, 0.5) is 10.1 Å². The number of nitrogens with one attached hydrogen (secondary N) is 1. The number of aromatic nitrogens is 1. The van der Waals surface area contributed by atoms with Crippen LogP contribution in [0.25, 0.3) is 38.8 Å². The lowest BCUT2D eigenvalue weighted by Gasteiger charge is -2.22. The summed E-state index contributed by atoms with van der Waals surface area (Å²) in [5, 5.41) is 3.56. The molecule has 2 amide bonds. The molecule has 0 saturated carbocycles. The van der Waals surface area contributed by atoms with Crippen molar-refractivity contribution in [1.82, 2.24) is 14.8 Å². The average molecular weight is 615 g/mol. The van der Waals surface area contributed by atoms with Gasteiger partial charge in [-0.2, -0.15) is 0 Å². The molecule has 0 spiro atoms. The SMILES string of the molecule is CNC(=O)c1c(-c2ccc(C)cc2)oc2cc(N(C)S(C)(=O)=O)c(C3=CCN(C(=O)c4cc5c(F)cccc5n4C)C3)cc12. The smallest absolute Gasteiger partial charge is 0.271 e. The number of fused-ring (bicyclic) bond motifs is 2. The number of carbonyl (C=O) groups is 2. The molecule has 0 aliphatic carbocycles. The van der Waals surface area contributed by atoms with Crippen molar-refractivity contribution >= 4 is 55.0 Å². The van der Waals surface area contributed by atoms with Crippen molar-refractivity contribution in [2.75, 3.05) is 37.7 Å². The molecule has 3 heterocycles. The highest BCUT2D eigenvalue weighted by atomic mass is 32.2. The minimum atomic E-state index is -3.69. The summed E-state index contributed by atoms with van der Waals surface area (Å²) < 4.78 is 49.0. The Morgan fingerprint density at radius 1 is 1.05 bits per heavy atom. The second-order valence-corrected chi connectivity index (χ2v) is 13.0. The van der Waals surface area contributed by atoms with E-state index in [9.17, 15) is 22.4 Å². The molecule has 44 heavy (non-hydrogen) atoms. The van der Waals surface area contributed by atoms with Gasteiger partial charge in [-0.05, 0) is 36.8 Å². The maximum absolute atomic E-state index is 14.5. The monoisotopic (exact) mass is 614 g/mol. The number of carbonyl (C=O) groups excluding carboxylic acids is 2. The van der Waals surface area contributed by atoms with Gasteiger partial charge in [0, 0.05) is 62.2 Å². The largest absolute Gasteiger partial charge is 0.455 e. The molecule has 1 N–H and O–H groups in total. The van der Waals surface area contributed by atoms with Crippen LogP contribution < -0.4 is 9.62 Å². The molecule has 1 aliphatic rings. The predicted molar refractivity (Wildman–Crippen MR) is 170 cm³/mol. The van der Waals surface area contributed by atoms with E-state index in [0.29, 0.717) is 61.3 Å². The number of furan rings is 1. The molecule has 226 valence electrons. The van der Waals surface area contributed by atoms with Gasteiger partial charge in [0.15, 0.2) is 0 Å². The average Bonchev–Trinajstić information content (AvgIpc) is 3.72. The number of nitrogens with zero attached hydrogens (tertiary/aromatic N) is 3. The summed E-state index contributed by atoms with van der Waals surface area (Å²) >= 11 is 0. The number of sulfonamides is 1. The van der Waals surface area contributed by atoms with Crippen molar-refractivity contribution < 1.29 is 26.8 Å². The third-order valence-corrected chi connectivity index (χ3v) is 9.41. The summed E-state index contributed by atoms with van der Waals surface area (Å²) in [5.41, 5.74) is 4.96. The Morgan fingerprint density at radius 2 is 1.77 bits per heavy atom. The lowest BCUT2D eigenvalue weighted by Crippen LogP contribution is -2.30. The predicted octanol–water partition coefficient (Wildman–Crippen LogP) is 5.33. The number of amides is 2. The number of anilines is 1. The Kier molecular flexibility index (Phi) is 7.08. The molecule has 0 atom stereocenters. The van der Waals surface area contributed by atoms with Gasteiger partial charge < -0.3 is 19.2 Å². The van der Waals surface area contributed by atoms with E-state index < -0.39 is 15.8 Å². The van der Waals surface area contributed by atoms with Crippen molar-refractivity contribution in [1.29, 1.82) is 0 Å². The molecular weight excluding hydrogens is 583 g/mol. The summed E-state index contributed by atoms with van der Waals surface area (Å²) in [4.78, 5) is 28.5. The normalized spacial score (nSPS) is 13.5. The molecule has 2 aromatic heterocycles. The second-order valence-electron chi connectivity index (χ2n) is 11.0. The number of hydrogen-bond donors (Lipinski definition) is 1. The van der Waals surface area contributed by atoms with Gasteiger partial charge in [0.1, 0.15) is 22.9 Å². The van der Waals surface area contributed by atoms with E-state index in [1.54, 1.807) is 46.8 Å². The van der Waals surface area contributed by atoms with Gasteiger partial charge in [0.2, 0.25) is 10.0 Å². The summed E-state index contributed by atoms with van der Waals surface area (Å²) in [6, 6.07) is 17.2. The Hall–Kier alpha value is -4.90. The molecular formula is C33H31FN4O5S. The van der Waals surface area contributed by atoms with Crippen molar-refractivity contribution in [2.24, 2.45) is 7.05 Å². The van der Waals surface area contributed by atoms with Crippen LogP contribution in [0, 0.1) is 12.7 Å². The molecule has 5 aromatic rings. The van der Waals surface area contributed by atoms with Crippen molar-refractivity contribution in [3.05, 3.63) is 94.9 Å². The van der Waals surface area contributed by atoms with Gasteiger partial charge in [-0.3, -0.25) is 13.9 Å². The minimum Gasteiger partial charge on any atom is -0.455 e. The van der Waals surface area contributed by atoms with Crippen LogP contribution in [0.2, 0.25) is 0 Å². The lowest BCUT2D eigenvalue weighted by atomic mass is 9.98. The quantitative estimate of drug-likeness (QED) is 0.278. The van der Waals surface area contributed by atoms with E-state index >= 15 is 0 Å². The number of benzene rings is 3. The zero-order valence-electron chi connectivity index (χ0n) is 24.9. The Bertz CT molecular complexity index is 2130. The van der Waals surface area contributed by atoms with E-state index in [1.165, 1.54) is 20.2 Å². The third-order valence-electron chi connectivity index (χ3n) is 8.22. The molecule has 9 nitrogen and oxygen atoms in total. The summed E-state index contributed by atoms with van der Waals surface area (Å²) in [6.07, 6.45) is 2.97.